The molecule has 0 bridgehead atoms. The normalized spacial score (nSPS) is 16.1. The number of hydrogen-bond donors (Lipinski definition) is 2. The second-order valence-electron chi connectivity index (χ2n) is 4.48. The quantitative estimate of drug-likeness (QED) is 0.855. The maximum atomic E-state index is 11.1. The van der Waals surface area contributed by atoms with Gasteiger partial charge >= 0.3 is 5.97 Å². The standard InChI is InChI=1S/C14H19NO4/c1-2-19-13-9-11(3-4-12(13)14(16)17)15-10-5-7-18-8-6-10/h3-4,9-10,15H,2,5-8H2,1H3,(H,16,17). The lowest BCUT2D eigenvalue weighted by Gasteiger charge is -2.24. The smallest absolute Gasteiger partial charge is 0.339 e. The van der Waals surface area contributed by atoms with E-state index in [0.717, 1.165) is 31.7 Å². The van der Waals surface area contributed by atoms with Crippen LogP contribution in [0.1, 0.15) is 30.1 Å². The first-order chi connectivity index (χ1) is 9.20. The first-order valence-corrected chi connectivity index (χ1v) is 6.55. The van der Waals surface area contributed by atoms with Crippen molar-refractivity contribution in [2.24, 2.45) is 0 Å². The SMILES string of the molecule is CCOc1cc(NC2CCOCC2)ccc1C(=O)O. The molecular formula is C14H19NO4. The molecule has 5 heteroatoms. The molecule has 2 N–H and O–H groups in total. The molecular weight excluding hydrogens is 246 g/mol. The van der Waals surface area contributed by atoms with E-state index in [1.165, 1.54) is 0 Å². The van der Waals surface area contributed by atoms with Gasteiger partial charge < -0.3 is 19.9 Å². The van der Waals surface area contributed by atoms with E-state index in [1.54, 1.807) is 18.2 Å². The average Bonchev–Trinajstić information content (AvgIpc) is 2.40. The highest BCUT2D eigenvalue weighted by Crippen LogP contribution is 2.25. The summed E-state index contributed by atoms with van der Waals surface area (Å²) in [5, 5.41) is 12.5. The van der Waals surface area contributed by atoms with Crippen LogP contribution in [0, 0.1) is 0 Å². The van der Waals surface area contributed by atoms with Crippen LogP contribution in [0.5, 0.6) is 5.75 Å². The van der Waals surface area contributed by atoms with E-state index in [-0.39, 0.29) is 5.56 Å². The minimum Gasteiger partial charge on any atom is -0.493 e. The molecule has 0 spiro atoms. The number of carbonyl (C=O) groups is 1. The molecule has 0 saturated carbocycles. The summed E-state index contributed by atoms with van der Waals surface area (Å²) in [6.45, 7) is 3.82. The van der Waals surface area contributed by atoms with E-state index in [0.29, 0.717) is 18.4 Å². The van der Waals surface area contributed by atoms with Crippen LogP contribution >= 0.6 is 0 Å². The Morgan fingerprint density at radius 2 is 2.21 bits per heavy atom. The third-order valence-corrected chi connectivity index (χ3v) is 3.10. The fourth-order valence-electron chi connectivity index (χ4n) is 2.14. The van der Waals surface area contributed by atoms with Crippen LogP contribution in [-0.4, -0.2) is 36.9 Å². The summed E-state index contributed by atoms with van der Waals surface area (Å²) in [6.07, 6.45) is 1.93. The van der Waals surface area contributed by atoms with E-state index < -0.39 is 5.97 Å². The predicted octanol–water partition coefficient (Wildman–Crippen LogP) is 2.37. The van der Waals surface area contributed by atoms with Gasteiger partial charge in [-0.25, -0.2) is 4.79 Å². The van der Waals surface area contributed by atoms with Gasteiger partial charge in [0.05, 0.1) is 6.61 Å². The number of carboxylic acid groups (broad SMARTS) is 1. The van der Waals surface area contributed by atoms with Gasteiger partial charge in [0.1, 0.15) is 11.3 Å². The summed E-state index contributed by atoms with van der Waals surface area (Å²) in [6, 6.07) is 5.48. The van der Waals surface area contributed by atoms with Gasteiger partial charge in [-0.05, 0) is 31.9 Å². The van der Waals surface area contributed by atoms with Crippen molar-refractivity contribution in [1.29, 1.82) is 0 Å². The molecule has 1 aromatic carbocycles. The number of benzene rings is 1. The maximum absolute atomic E-state index is 11.1. The fourth-order valence-corrected chi connectivity index (χ4v) is 2.14. The third-order valence-electron chi connectivity index (χ3n) is 3.10. The molecule has 104 valence electrons. The van der Waals surface area contributed by atoms with E-state index in [9.17, 15) is 4.79 Å². The van der Waals surface area contributed by atoms with Gasteiger partial charge in [0.2, 0.25) is 0 Å². The van der Waals surface area contributed by atoms with Gasteiger partial charge in [-0.15, -0.1) is 0 Å². The Morgan fingerprint density at radius 1 is 1.47 bits per heavy atom. The van der Waals surface area contributed by atoms with Gasteiger partial charge in [0.25, 0.3) is 0 Å². The molecule has 0 radical (unpaired) electrons. The van der Waals surface area contributed by atoms with Crippen LogP contribution < -0.4 is 10.1 Å². The largest absolute Gasteiger partial charge is 0.493 e. The van der Waals surface area contributed by atoms with Crippen molar-refractivity contribution in [3.8, 4) is 5.75 Å². The first kappa shape index (κ1) is 13.7. The van der Waals surface area contributed by atoms with Crippen molar-refractivity contribution in [3.63, 3.8) is 0 Å². The Labute approximate surface area is 112 Å². The molecule has 1 aliphatic heterocycles. The van der Waals surface area contributed by atoms with Crippen LogP contribution in [0.3, 0.4) is 0 Å². The molecule has 1 aromatic rings. The highest BCUT2D eigenvalue weighted by atomic mass is 16.5. The van der Waals surface area contributed by atoms with Crippen LogP contribution in [-0.2, 0) is 4.74 Å². The molecule has 1 saturated heterocycles. The third kappa shape index (κ3) is 3.61. The lowest BCUT2D eigenvalue weighted by Crippen LogP contribution is -2.27. The van der Waals surface area contributed by atoms with E-state index >= 15 is 0 Å². The van der Waals surface area contributed by atoms with Gasteiger partial charge in [-0.3, -0.25) is 0 Å². The maximum Gasteiger partial charge on any atom is 0.339 e. The first-order valence-electron chi connectivity index (χ1n) is 6.55. The molecule has 0 unspecified atom stereocenters. The lowest BCUT2D eigenvalue weighted by molar-refractivity contribution is 0.0692. The predicted molar refractivity (Wildman–Crippen MR) is 72.0 cm³/mol. The van der Waals surface area contributed by atoms with E-state index in [4.69, 9.17) is 14.6 Å². The fraction of sp³-hybridized carbons (Fsp3) is 0.500. The molecule has 0 amide bonds. The number of carboxylic acids is 1. The number of aromatic carboxylic acids is 1. The monoisotopic (exact) mass is 265 g/mol. The molecule has 2 rings (SSSR count). The molecule has 0 aromatic heterocycles. The highest BCUT2D eigenvalue weighted by Gasteiger charge is 2.16. The highest BCUT2D eigenvalue weighted by molar-refractivity contribution is 5.91. The van der Waals surface area contributed by atoms with Crippen molar-refractivity contribution in [2.45, 2.75) is 25.8 Å². The molecule has 0 aliphatic carbocycles. The van der Waals surface area contributed by atoms with Gasteiger partial charge in [0, 0.05) is 31.0 Å². The zero-order chi connectivity index (χ0) is 13.7. The van der Waals surface area contributed by atoms with Crippen molar-refractivity contribution in [2.75, 3.05) is 25.1 Å². The summed E-state index contributed by atoms with van der Waals surface area (Å²) in [7, 11) is 0. The second-order valence-corrected chi connectivity index (χ2v) is 4.48. The van der Waals surface area contributed by atoms with E-state index in [2.05, 4.69) is 5.32 Å². The molecule has 19 heavy (non-hydrogen) atoms. The summed E-state index contributed by atoms with van der Waals surface area (Å²) < 4.78 is 10.7. The van der Waals surface area contributed by atoms with Crippen molar-refractivity contribution in [1.82, 2.24) is 0 Å². The minimum atomic E-state index is -0.971. The zero-order valence-corrected chi connectivity index (χ0v) is 11.0. The Hall–Kier alpha value is -1.75. The molecule has 5 nitrogen and oxygen atoms in total. The summed E-state index contributed by atoms with van der Waals surface area (Å²) >= 11 is 0. The van der Waals surface area contributed by atoms with Crippen molar-refractivity contribution >= 4 is 11.7 Å². The molecule has 1 fully saturated rings. The van der Waals surface area contributed by atoms with E-state index in [1.807, 2.05) is 6.92 Å². The summed E-state index contributed by atoms with van der Waals surface area (Å²) in [4.78, 5) is 11.1. The van der Waals surface area contributed by atoms with Gasteiger partial charge in [0.15, 0.2) is 0 Å². The number of ether oxygens (including phenoxy) is 2. The number of nitrogens with one attached hydrogen (secondary N) is 1. The summed E-state index contributed by atoms with van der Waals surface area (Å²) in [5.74, 6) is -0.562. The number of anilines is 1. The number of rotatable bonds is 5. The summed E-state index contributed by atoms with van der Waals surface area (Å²) in [5.41, 5.74) is 1.08. The van der Waals surface area contributed by atoms with Crippen molar-refractivity contribution < 1.29 is 19.4 Å². The molecule has 1 heterocycles. The Morgan fingerprint density at radius 3 is 2.84 bits per heavy atom. The van der Waals surface area contributed by atoms with Crippen molar-refractivity contribution in [3.05, 3.63) is 23.8 Å². The Kier molecular flexibility index (Phi) is 4.63. The zero-order valence-electron chi connectivity index (χ0n) is 11.0. The molecule has 0 atom stereocenters. The second kappa shape index (κ2) is 6.43. The van der Waals surface area contributed by atoms with Gasteiger partial charge in [-0.1, -0.05) is 0 Å². The Balaban J connectivity index is 2.12. The minimum absolute atomic E-state index is 0.194. The van der Waals surface area contributed by atoms with Crippen LogP contribution in [0.25, 0.3) is 0 Å². The van der Waals surface area contributed by atoms with Crippen LogP contribution in [0.15, 0.2) is 18.2 Å². The Bertz CT molecular complexity index is 441. The number of hydrogen-bond acceptors (Lipinski definition) is 4. The van der Waals surface area contributed by atoms with Crippen LogP contribution in [0.2, 0.25) is 0 Å². The van der Waals surface area contributed by atoms with Gasteiger partial charge in [-0.2, -0.15) is 0 Å². The molecule has 1 aliphatic rings. The van der Waals surface area contributed by atoms with Crippen LogP contribution in [0.4, 0.5) is 5.69 Å². The average molecular weight is 265 g/mol. The lowest BCUT2D eigenvalue weighted by atomic mass is 10.1. The topological polar surface area (TPSA) is 67.8 Å².